The fraction of sp³-hybridized carbons (Fsp3) is 0.191. The molecule has 0 saturated heterocycles. The van der Waals surface area contributed by atoms with E-state index >= 15 is 4.79 Å². The predicted molar refractivity (Wildman–Crippen MR) is 215 cm³/mol. The maximum absolute atomic E-state index is 15.1. The van der Waals surface area contributed by atoms with Crippen LogP contribution in [0, 0.1) is 0 Å². The Kier molecular flexibility index (Phi) is 5.26. The van der Waals surface area contributed by atoms with Gasteiger partial charge >= 0.3 is 0 Å². The van der Waals surface area contributed by atoms with Crippen molar-refractivity contribution in [2.45, 2.75) is 57.8 Å². The monoisotopic (exact) mass is 677 g/mol. The fourth-order valence-corrected chi connectivity index (χ4v) is 10.8. The highest BCUT2D eigenvalue weighted by molar-refractivity contribution is 7.26. The highest BCUT2D eigenvalue weighted by atomic mass is 32.1. The van der Waals surface area contributed by atoms with Gasteiger partial charge in [-0.15, -0.1) is 11.3 Å². The number of hydrogen-bond acceptors (Lipinski definition) is 3. The van der Waals surface area contributed by atoms with Crippen LogP contribution in [0.15, 0.2) is 113 Å². The molecule has 246 valence electrons. The van der Waals surface area contributed by atoms with Gasteiger partial charge in [0.15, 0.2) is 10.9 Å². The molecule has 0 amide bonds. The van der Waals surface area contributed by atoms with Crippen molar-refractivity contribution in [2.75, 3.05) is 0 Å². The van der Waals surface area contributed by atoms with Crippen LogP contribution in [0.2, 0.25) is 0 Å². The average molecular weight is 678 g/mol. The molecule has 0 atom stereocenters. The summed E-state index contributed by atoms with van der Waals surface area (Å²) in [5.41, 5.74) is 11.3. The van der Waals surface area contributed by atoms with Crippen LogP contribution in [0.25, 0.3) is 69.4 Å². The molecule has 0 fully saturated rings. The Labute approximate surface area is 298 Å². The first-order valence-corrected chi connectivity index (χ1v) is 18.7. The maximum Gasteiger partial charge on any atom is 0.198 e. The summed E-state index contributed by atoms with van der Waals surface area (Å²) in [6.07, 6.45) is 0. The molecule has 0 radical (unpaired) electrons. The Hall–Kier alpha value is -5.32. The van der Waals surface area contributed by atoms with Gasteiger partial charge in [0.05, 0.1) is 27.4 Å². The molecule has 3 aromatic heterocycles. The Morgan fingerprint density at radius 1 is 0.510 bits per heavy atom. The number of nitrogens with zero attached hydrogens (tertiary/aromatic N) is 1. The van der Waals surface area contributed by atoms with Crippen molar-refractivity contribution >= 4 is 69.6 Å². The van der Waals surface area contributed by atoms with Crippen molar-refractivity contribution in [2.24, 2.45) is 0 Å². The van der Waals surface area contributed by atoms with Gasteiger partial charge in [-0.1, -0.05) is 120 Å². The van der Waals surface area contributed by atoms with Crippen LogP contribution in [-0.4, -0.2) is 4.40 Å². The summed E-state index contributed by atoms with van der Waals surface area (Å²) in [7, 11) is 0. The molecule has 51 heavy (non-hydrogen) atoms. The van der Waals surface area contributed by atoms with E-state index in [1.54, 1.807) is 11.3 Å². The van der Waals surface area contributed by atoms with Crippen LogP contribution in [0.1, 0.15) is 74.9 Å². The molecule has 1 aliphatic carbocycles. The van der Waals surface area contributed by atoms with E-state index in [2.05, 4.69) is 125 Å². The number of aromatic nitrogens is 1. The molecule has 2 aliphatic rings. The van der Waals surface area contributed by atoms with Crippen molar-refractivity contribution in [3.63, 3.8) is 0 Å². The van der Waals surface area contributed by atoms with Crippen LogP contribution in [0.4, 0.5) is 0 Å². The van der Waals surface area contributed by atoms with E-state index in [1.807, 2.05) is 24.3 Å². The van der Waals surface area contributed by atoms with Crippen LogP contribution < -0.4 is 10.9 Å². The lowest BCUT2D eigenvalue weighted by Crippen LogP contribution is -2.34. The summed E-state index contributed by atoms with van der Waals surface area (Å²) in [6.45, 7) is 13.6. The molecule has 1 spiro atoms. The van der Waals surface area contributed by atoms with E-state index in [9.17, 15) is 4.79 Å². The minimum absolute atomic E-state index is 0.00751. The topological polar surface area (TPSA) is 38.5 Å². The van der Waals surface area contributed by atoms with Gasteiger partial charge in [-0.25, -0.2) is 0 Å². The molecular weight excluding hydrogens is 643 g/mol. The molecule has 0 saturated carbocycles. The second kappa shape index (κ2) is 9.12. The summed E-state index contributed by atoms with van der Waals surface area (Å²) in [5.74, 6) is 0. The molecule has 6 aromatic carbocycles. The Morgan fingerprint density at radius 2 is 1.06 bits per heavy atom. The lowest BCUT2D eigenvalue weighted by molar-refractivity contribution is 0.589. The third-order valence-corrected chi connectivity index (χ3v) is 13.2. The molecule has 0 bridgehead atoms. The first-order valence-electron chi connectivity index (χ1n) is 17.9. The van der Waals surface area contributed by atoms with Gasteiger partial charge in [-0.05, 0) is 79.6 Å². The highest BCUT2D eigenvalue weighted by Crippen LogP contribution is 2.61. The molecule has 9 aromatic rings. The molecule has 3 nitrogen and oxygen atoms in total. The van der Waals surface area contributed by atoms with Gasteiger partial charge in [0.25, 0.3) is 0 Å². The standard InChI is InChI=1S/C47H35NO2S/c1-45(2,3)24-17-19-33-29(21-24)30-22-25(46(4,5)6)18-20-34(30)47(33)35-14-9-12-27-39(35)48-40-28(13-10-15-36(40)47)43(50)38-41(48)32(42(27)49)23-31-26-11-7-8-16-37(26)51-44(31)38/h7-23H,1-6H3. The van der Waals surface area contributed by atoms with E-state index < -0.39 is 5.41 Å². The Balaban J connectivity index is 1.41. The fourth-order valence-electron chi connectivity index (χ4n) is 9.61. The van der Waals surface area contributed by atoms with Gasteiger partial charge < -0.3 is 4.40 Å². The zero-order valence-electron chi connectivity index (χ0n) is 29.5. The quantitative estimate of drug-likeness (QED) is 0.118. The number of hydrogen-bond donors (Lipinski definition) is 0. The zero-order valence-corrected chi connectivity index (χ0v) is 30.3. The minimum atomic E-state index is -0.720. The largest absolute Gasteiger partial charge is 0.307 e. The number of para-hydroxylation sites is 2. The van der Waals surface area contributed by atoms with Gasteiger partial charge in [0.1, 0.15) is 0 Å². The Bertz CT molecular complexity index is 3110. The minimum Gasteiger partial charge on any atom is -0.307 e. The van der Waals surface area contributed by atoms with Gasteiger partial charge in [-0.2, -0.15) is 0 Å². The second-order valence-corrected chi connectivity index (χ2v) is 17.8. The van der Waals surface area contributed by atoms with Crippen LogP contribution in [0.5, 0.6) is 0 Å². The van der Waals surface area contributed by atoms with Gasteiger partial charge in [0, 0.05) is 36.3 Å². The SMILES string of the molecule is CC(C)(C)c1ccc2c(c1)-c1cc(C(C)(C)C)ccc1C21c2cccc3c(=O)c4cc5c6ccccc6sc5c5c(=O)c6cccc1c6n(c23)c45. The Morgan fingerprint density at radius 3 is 1.65 bits per heavy atom. The summed E-state index contributed by atoms with van der Waals surface area (Å²) in [5, 5.41) is 4.69. The van der Waals surface area contributed by atoms with Crippen molar-refractivity contribution in [3.05, 3.63) is 157 Å². The van der Waals surface area contributed by atoms with Gasteiger partial charge in [0.2, 0.25) is 0 Å². The number of fused-ring (bicyclic) bond motifs is 11. The lowest BCUT2D eigenvalue weighted by atomic mass is 9.65. The summed E-state index contributed by atoms with van der Waals surface area (Å²) in [4.78, 5) is 30.0. The summed E-state index contributed by atoms with van der Waals surface area (Å²) in [6, 6.07) is 36.9. The maximum atomic E-state index is 15.1. The summed E-state index contributed by atoms with van der Waals surface area (Å²) < 4.78 is 4.36. The van der Waals surface area contributed by atoms with Crippen molar-refractivity contribution in [1.82, 2.24) is 4.40 Å². The van der Waals surface area contributed by atoms with Crippen LogP contribution in [0.3, 0.4) is 0 Å². The molecular formula is C47H35NO2S. The average Bonchev–Trinajstić information content (AvgIpc) is 3.62. The lowest BCUT2D eigenvalue weighted by Gasteiger charge is -2.39. The van der Waals surface area contributed by atoms with Crippen LogP contribution in [-0.2, 0) is 16.2 Å². The number of pyridine rings is 2. The molecule has 4 heterocycles. The van der Waals surface area contributed by atoms with E-state index in [4.69, 9.17) is 0 Å². The predicted octanol–water partition coefficient (Wildman–Crippen LogP) is 11.2. The summed E-state index contributed by atoms with van der Waals surface area (Å²) >= 11 is 1.65. The van der Waals surface area contributed by atoms with Crippen molar-refractivity contribution in [1.29, 1.82) is 0 Å². The third kappa shape index (κ3) is 3.36. The van der Waals surface area contributed by atoms with Crippen LogP contribution >= 0.6 is 11.3 Å². The molecule has 0 N–H and O–H groups in total. The zero-order chi connectivity index (χ0) is 34.9. The molecule has 4 heteroatoms. The van der Waals surface area contributed by atoms with Crippen molar-refractivity contribution in [3.8, 4) is 11.1 Å². The molecule has 11 rings (SSSR count). The highest BCUT2D eigenvalue weighted by Gasteiger charge is 2.51. The van der Waals surface area contributed by atoms with E-state index in [1.165, 1.54) is 33.4 Å². The first kappa shape index (κ1) is 29.4. The molecule has 0 unspecified atom stereocenters. The second-order valence-electron chi connectivity index (χ2n) is 16.8. The number of rotatable bonds is 0. The smallest absolute Gasteiger partial charge is 0.198 e. The molecule has 1 aliphatic heterocycles. The van der Waals surface area contributed by atoms with Crippen molar-refractivity contribution < 1.29 is 0 Å². The normalized spacial score (nSPS) is 14.8. The first-order chi connectivity index (χ1) is 24.4. The van der Waals surface area contributed by atoms with Gasteiger partial charge in [-0.3, -0.25) is 9.59 Å². The van der Waals surface area contributed by atoms with E-state index in [-0.39, 0.29) is 21.7 Å². The van der Waals surface area contributed by atoms with E-state index in [0.717, 1.165) is 47.8 Å². The van der Waals surface area contributed by atoms with E-state index in [0.29, 0.717) is 21.5 Å². The number of thiophene rings is 1. The number of benzene rings is 6. The third-order valence-electron chi connectivity index (χ3n) is 12.0.